The lowest BCUT2D eigenvalue weighted by Crippen LogP contribution is -2.29. The second-order valence-electron chi connectivity index (χ2n) is 1.72. The van der Waals surface area contributed by atoms with E-state index < -0.39 is 5.68 Å². The number of hydrogen-bond donors (Lipinski definition) is 2. The molecule has 0 aliphatic rings. The minimum Gasteiger partial charge on any atom is -0.396 e. The first-order valence-corrected chi connectivity index (χ1v) is 2.82. The van der Waals surface area contributed by atoms with Gasteiger partial charge in [0.1, 0.15) is 0 Å². The van der Waals surface area contributed by atoms with Crippen LogP contribution in [0.4, 0.5) is 0 Å². The molecule has 0 aromatic rings. The summed E-state index contributed by atoms with van der Waals surface area (Å²) in [4.78, 5) is 20.5. The van der Waals surface area contributed by atoms with Crippen molar-refractivity contribution in [3.05, 3.63) is 0 Å². The summed E-state index contributed by atoms with van der Waals surface area (Å²) in [6, 6.07) is 0. The van der Waals surface area contributed by atoms with E-state index in [-0.39, 0.29) is 25.5 Å². The predicted molar refractivity (Wildman–Crippen MR) is 35.5 cm³/mol. The lowest BCUT2D eigenvalue weighted by molar-refractivity contribution is -0.123. The van der Waals surface area contributed by atoms with Crippen molar-refractivity contribution in [3.63, 3.8) is 0 Å². The molecule has 5 heteroatoms. The first-order chi connectivity index (χ1) is 4.66. The number of nitrogens with one attached hydrogen (secondary N) is 1. The molecular formula is C5H8BNO3. The van der Waals surface area contributed by atoms with Crippen molar-refractivity contribution in [1.29, 1.82) is 0 Å². The summed E-state index contributed by atoms with van der Waals surface area (Å²) in [7, 11) is 4.72. The molecule has 0 heterocycles. The standard InChI is InChI=1S/C5H8BNO3/c6-4(9)3-7-5(10)1-2-8/h8H,1-3H2,(H,7,10). The molecule has 10 heavy (non-hydrogen) atoms. The van der Waals surface area contributed by atoms with Gasteiger partial charge in [-0.05, 0) is 0 Å². The molecule has 0 unspecified atom stereocenters. The predicted octanol–water partition coefficient (Wildman–Crippen LogP) is -1.82. The van der Waals surface area contributed by atoms with Crippen molar-refractivity contribution in [1.82, 2.24) is 5.32 Å². The minimum atomic E-state index is -0.591. The quantitative estimate of drug-likeness (QED) is 0.453. The van der Waals surface area contributed by atoms with Gasteiger partial charge in [-0.1, -0.05) is 0 Å². The van der Waals surface area contributed by atoms with E-state index in [9.17, 15) is 9.59 Å². The average molecular weight is 141 g/mol. The Kier molecular flexibility index (Phi) is 4.57. The van der Waals surface area contributed by atoms with Gasteiger partial charge in [0.2, 0.25) is 5.91 Å². The third kappa shape index (κ3) is 5.30. The largest absolute Gasteiger partial charge is 0.396 e. The molecule has 2 N–H and O–H groups in total. The Labute approximate surface area is 60.0 Å². The normalized spacial score (nSPS) is 8.90. The van der Waals surface area contributed by atoms with Crippen LogP contribution in [0.3, 0.4) is 0 Å². The monoisotopic (exact) mass is 141 g/mol. The highest BCUT2D eigenvalue weighted by molar-refractivity contribution is 6.58. The molecule has 0 fully saturated rings. The van der Waals surface area contributed by atoms with Gasteiger partial charge in [0, 0.05) is 6.42 Å². The van der Waals surface area contributed by atoms with Gasteiger partial charge in [-0.3, -0.25) is 4.79 Å². The van der Waals surface area contributed by atoms with Gasteiger partial charge in [-0.15, -0.1) is 0 Å². The van der Waals surface area contributed by atoms with Crippen LogP contribution in [0.1, 0.15) is 6.42 Å². The van der Waals surface area contributed by atoms with Gasteiger partial charge in [0.25, 0.3) is 0 Å². The Bertz CT molecular complexity index is 137. The molecule has 0 aromatic heterocycles. The molecule has 0 spiro atoms. The van der Waals surface area contributed by atoms with Gasteiger partial charge < -0.3 is 15.2 Å². The van der Waals surface area contributed by atoms with E-state index in [2.05, 4.69) is 5.32 Å². The fraction of sp³-hybridized carbons (Fsp3) is 0.600. The van der Waals surface area contributed by atoms with E-state index in [1.807, 2.05) is 0 Å². The van der Waals surface area contributed by atoms with Crippen molar-refractivity contribution in [2.75, 3.05) is 13.2 Å². The van der Waals surface area contributed by atoms with Crippen molar-refractivity contribution in [2.45, 2.75) is 6.42 Å². The van der Waals surface area contributed by atoms with Crippen LogP contribution in [0.5, 0.6) is 0 Å². The summed E-state index contributed by atoms with van der Waals surface area (Å²) in [5.41, 5.74) is -0.591. The fourth-order valence-electron chi connectivity index (χ4n) is 0.376. The molecule has 0 rings (SSSR count). The molecule has 1 amide bonds. The molecule has 4 nitrogen and oxygen atoms in total. The van der Waals surface area contributed by atoms with Crippen molar-refractivity contribution >= 4 is 19.4 Å². The van der Waals surface area contributed by atoms with Crippen LogP contribution in [0.2, 0.25) is 0 Å². The van der Waals surface area contributed by atoms with Gasteiger partial charge in [-0.2, -0.15) is 0 Å². The van der Waals surface area contributed by atoms with Gasteiger partial charge >= 0.3 is 0 Å². The number of hydrogen-bond acceptors (Lipinski definition) is 3. The van der Waals surface area contributed by atoms with Gasteiger partial charge in [0.15, 0.2) is 7.85 Å². The summed E-state index contributed by atoms with van der Waals surface area (Å²) < 4.78 is 0. The summed E-state index contributed by atoms with van der Waals surface area (Å²) in [5.74, 6) is -0.374. The highest BCUT2D eigenvalue weighted by Crippen LogP contribution is 1.74. The molecule has 0 aliphatic carbocycles. The van der Waals surface area contributed by atoms with Crippen molar-refractivity contribution < 1.29 is 14.7 Å². The molecule has 2 radical (unpaired) electrons. The van der Waals surface area contributed by atoms with Gasteiger partial charge in [-0.25, -0.2) is 0 Å². The van der Waals surface area contributed by atoms with Crippen molar-refractivity contribution in [2.24, 2.45) is 0 Å². The molecule has 0 aromatic carbocycles. The lowest BCUT2D eigenvalue weighted by Gasteiger charge is -1.98. The number of carbonyl (C=O) groups excluding carboxylic acids is 2. The maximum atomic E-state index is 10.5. The number of carbonyl (C=O) groups is 2. The number of amides is 1. The zero-order chi connectivity index (χ0) is 7.98. The Morgan fingerprint density at radius 3 is 2.50 bits per heavy atom. The van der Waals surface area contributed by atoms with Crippen LogP contribution >= 0.6 is 0 Å². The third-order valence-electron chi connectivity index (χ3n) is 0.799. The smallest absolute Gasteiger partial charge is 0.222 e. The van der Waals surface area contributed by atoms with E-state index in [4.69, 9.17) is 13.0 Å². The SMILES string of the molecule is [B]C(=O)CNC(=O)CCO. The van der Waals surface area contributed by atoms with Crippen molar-refractivity contribution in [3.8, 4) is 0 Å². The Hall–Kier alpha value is -0.835. The van der Waals surface area contributed by atoms with E-state index in [1.165, 1.54) is 0 Å². The van der Waals surface area contributed by atoms with E-state index in [0.717, 1.165) is 0 Å². The number of aliphatic hydroxyl groups is 1. The Balaban J connectivity index is 3.30. The lowest BCUT2D eigenvalue weighted by atomic mass is 10.0. The molecule has 0 aliphatic heterocycles. The average Bonchev–Trinajstić information content (AvgIpc) is 1.85. The van der Waals surface area contributed by atoms with E-state index in [0.29, 0.717) is 0 Å². The van der Waals surface area contributed by atoms with Crippen LogP contribution in [-0.4, -0.2) is 37.7 Å². The Morgan fingerprint density at radius 2 is 2.10 bits per heavy atom. The van der Waals surface area contributed by atoms with Crippen LogP contribution < -0.4 is 5.32 Å². The summed E-state index contributed by atoms with van der Waals surface area (Å²) in [6.45, 7) is -0.385. The van der Waals surface area contributed by atoms with Crippen LogP contribution in [0.15, 0.2) is 0 Å². The molecule has 0 saturated carbocycles. The molecule has 0 saturated heterocycles. The highest BCUT2D eigenvalue weighted by Gasteiger charge is 1.98. The molecular weight excluding hydrogens is 133 g/mol. The van der Waals surface area contributed by atoms with E-state index >= 15 is 0 Å². The summed E-state index contributed by atoms with van der Waals surface area (Å²) >= 11 is 0. The summed E-state index contributed by atoms with van der Waals surface area (Å²) in [5, 5.41) is 10.4. The molecule has 54 valence electrons. The molecule has 0 atom stereocenters. The highest BCUT2D eigenvalue weighted by atomic mass is 16.3. The van der Waals surface area contributed by atoms with Crippen LogP contribution in [0.25, 0.3) is 0 Å². The number of aliphatic hydroxyl groups excluding tert-OH is 1. The maximum Gasteiger partial charge on any atom is 0.222 e. The minimum absolute atomic E-state index is 0.00722. The second kappa shape index (κ2) is 4.99. The fourth-order valence-corrected chi connectivity index (χ4v) is 0.376. The van der Waals surface area contributed by atoms with Gasteiger partial charge in [0.05, 0.1) is 18.8 Å². The molecule has 0 bridgehead atoms. The maximum absolute atomic E-state index is 10.5. The first-order valence-electron chi connectivity index (χ1n) is 2.82. The Morgan fingerprint density at radius 1 is 1.50 bits per heavy atom. The second-order valence-corrected chi connectivity index (χ2v) is 1.72. The van der Waals surface area contributed by atoms with E-state index in [1.54, 1.807) is 0 Å². The van der Waals surface area contributed by atoms with Crippen LogP contribution in [-0.2, 0) is 9.59 Å². The first kappa shape index (κ1) is 9.16. The van der Waals surface area contributed by atoms with Crippen LogP contribution in [0, 0.1) is 0 Å². The number of rotatable bonds is 4. The third-order valence-corrected chi connectivity index (χ3v) is 0.799. The zero-order valence-electron chi connectivity index (χ0n) is 5.46. The summed E-state index contributed by atoms with van der Waals surface area (Å²) in [6.07, 6.45) is 0.00722. The topological polar surface area (TPSA) is 66.4 Å². The zero-order valence-corrected chi connectivity index (χ0v) is 5.46.